The Morgan fingerprint density at radius 2 is 2.28 bits per heavy atom. The minimum Gasteiger partial charge on any atom is -0.485 e. The molecule has 133 valence electrons. The quantitative estimate of drug-likeness (QED) is 0.643. The van der Waals surface area contributed by atoms with Crippen LogP contribution in [0.15, 0.2) is 23.1 Å². The molecule has 1 aromatic rings. The minimum atomic E-state index is -0.573. The molecule has 1 spiro atoms. The first-order chi connectivity index (χ1) is 12.1. The smallest absolute Gasteiger partial charge is 0.139 e. The third kappa shape index (κ3) is 1.95. The second-order valence-electron chi connectivity index (χ2n) is 8.03. The summed E-state index contributed by atoms with van der Waals surface area (Å²) in [4.78, 5) is 3.31. The third-order valence-corrected chi connectivity index (χ3v) is 7.29. The van der Waals surface area contributed by atoms with Crippen LogP contribution in [-0.2, 0) is 23.4 Å². The molecule has 5 heteroatoms. The van der Waals surface area contributed by atoms with Crippen molar-refractivity contribution in [3.8, 4) is 5.75 Å². The molecule has 2 aliphatic carbocycles. The molecule has 2 bridgehead atoms. The highest BCUT2D eigenvalue weighted by Crippen LogP contribution is 2.62. The van der Waals surface area contributed by atoms with Gasteiger partial charge in [0.15, 0.2) is 0 Å². The molecule has 2 aliphatic heterocycles. The number of hydrogen-bond donors (Lipinski definition) is 2. The first kappa shape index (κ1) is 16.2. The fourth-order valence-corrected chi connectivity index (χ4v) is 6.20. The van der Waals surface area contributed by atoms with Crippen molar-refractivity contribution in [2.24, 2.45) is 5.92 Å². The van der Waals surface area contributed by atoms with Crippen molar-refractivity contribution in [3.05, 3.63) is 34.9 Å². The molecule has 1 fully saturated rings. The van der Waals surface area contributed by atoms with Crippen molar-refractivity contribution >= 4 is 12.6 Å². The largest absolute Gasteiger partial charge is 0.485 e. The number of likely N-dealkylation sites (tertiary alicyclic amines) is 1. The second-order valence-corrected chi connectivity index (χ2v) is 8.51. The lowest BCUT2D eigenvalue weighted by Gasteiger charge is -2.56. The number of hydrogen-bond acceptors (Lipinski definition) is 4. The van der Waals surface area contributed by atoms with E-state index in [1.807, 2.05) is 6.08 Å². The zero-order valence-electron chi connectivity index (χ0n) is 14.4. The van der Waals surface area contributed by atoms with Crippen molar-refractivity contribution < 1.29 is 14.9 Å². The lowest BCUT2D eigenvalue weighted by Crippen LogP contribution is -2.64. The normalized spacial score (nSPS) is 37.8. The Labute approximate surface area is 153 Å². The number of benzene rings is 1. The van der Waals surface area contributed by atoms with E-state index >= 15 is 0 Å². The summed E-state index contributed by atoms with van der Waals surface area (Å²) < 4.78 is 6.36. The lowest BCUT2D eigenvalue weighted by molar-refractivity contribution is -0.0455. The van der Waals surface area contributed by atoms with Crippen LogP contribution in [0.2, 0.25) is 0 Å². The predicted octanol–water partition coefficient (Wildman–Crippen LogP) is 2.14. The second kappa shape index (κ2) is 5.49. The molecule has 4 nitrogen and oxygen atoms in total. The first-order valence-corrected chi connectivity index (χ1v) is 9.72. The lowest BCUT2D eigenvalue weighted by atomic mass is 9.53. The molecule has 0 amide bonds. The monoisotopic (exact) mass is 358 g/mol. The molecule has 1 radical (unpaired) electrons. The number of piperidine rings is 1. The summed E-state index contributed by atoms with van der Waals surface area (Å²) in [5.41, 5.74) is 3.77. The van der Waals surface area contributed by atoms with Crippen LogP contribution in [0.3, 0.4) is 0 Å². The first-order valence-electron chi connectivity index (χ1n) is 9.27. The van der Waals surface area contributed by atoms with Crippen molar-refractivity contribution in [3.63, 3.8) is 0 Å². The molecule has 0 aromatic heterocycles. The van der Waals surface area contributed by atoms with Gasteiger partial charge in [-0.25, -0.2) is 5.11 Å². The van der Waals surface area contributed by atoms with Gasteiger partial charge in [0, 0.05) is 27.8 Å². The average molecular weight is 358 g/mol. The van der Waals surface area contributed by atoms with Crippen molar-refractivity contribution in [2.45, 2.75) is 54.2 Å². The standard InChI is InChI=1S/C20H24NO3S/c1-21-7-6-20-13-4-5-15(23)19(20)24-18-16(25)9-11(3-2-8-22)12(17(18)20)10-14(13)21/h4-5,9,13-15,19,23,25H,2-3,6-8,10H2,1H3/t13-,14+,15-,19-,20-/m0/s1. The van der Waals surface area contributed by atoms with Crippen LogP contribution in [0.4, 0.5) is 0 Å². The minimum absolute atomic E-state index is 0.0455. The Hall–Kier alpha value is -1.01. The van der Waals surface area contributed by atoms with E-state index in [0.29, 0.717) is 18.4 Å². The van der Waals surface area contributed by atoms with Gasteiger partial charge in [0.1, 0.15) is 18.0 Å². The van der Waals surface area contributed by atoms with Crippen molar-refractivity contribution in [2.75, 3.05) is 20.2 Å². The van der Waals surface area contributed by atoms with Crippen LogP contribution in [0.1, 0.15) is 29.5 Å². The van der Waals surface area contributed by atoms with Gasteiger partial charge in [-0.1, -0.05) is 12.2 Å². The molecule has 5 rings (SSSR count). The van der Waals surface area contributed by atoms with E-state index < -0.39 is 6.10 Å². The number of ether oxygens (including phenoxy) is 1. The van der Waals surface area contributed by atoms with Crippen LogP contribution in [-0.4, -0.2) is 48.5 Å². The molecule has 2 heterocycles. The van der Waals surface area contributed by atoms with Gasteiger partial charge in [0.05, 0.1) is 6.61 Å². The number of rotatable bonds is 3. The maximum atomic E-state index is 11.1. The van der Waals surface area contributed by atoms with Crippen LogP contribution >= 0.6 is 12.6 Å². The number of aryl methyl sites for hydroxylation is 1. The van der Waals surface area contributed by atoms with Crippen molar-refractivity contribution in [1.29, 1.82) is 0 Å². The zero-order valence-corrected chi connectivity index (χ0v) is 15.3. The van der Waals surface area contributed by atoms with Gasteiger partial charge in [-0.2, -0.15) is 0 Å². The van der Waals surface area contributed by atoms with Gasteiger partial charge in [-0.05, 0) is 56.5 Å². The molecule has 0 saturated carbocycles. The van der Waals surface area contributed by atoms with E-state index in [9.17, 15) is 10.2 Å². The van der Waals surface area contributed by atoms with Gasteiger partial charge in [0.2, 0.25) is 0 Å². The fraction of sp³-hybridized carbons (Fsp3) is 0.600. The molecular formula is C20H24NO3S. The summed E-state index contributed by atoms with van der Waals surface area (Å²) >= 11 is 4.71. The zero-order chi connectivity index (χ0) is 17.3. The highest BCUT2D eigenvalue weighted by molar-refractivity contribution is 7.80. The summed E-state index contributed by atoms with van der Waals surface area (Å²) in [5, 5.41) is 21.7. The van der Waals surface area contributed by atoms with Crippen LogP contribution in [0.5, 0.6) is 5.75 Å². The maximum absolute atomic E-state index is 11.1. The number of aliphatic hydroxyl groups is 1. The third-order valence-electron chi connectivity index (χ3n) is 6.96. The number of nitrogens with zero attached hydrogens (tertiary/aromatic N) is 1. The Bertz CT molecular complexity index is 764. The van der Waals surface area contributed by atoms with Gasteiger partial charge < -0.3 is 14.7 Å². The van der Waals surface area contributed by atoms with E-state index in [2.05, 4.69) is 24.1 Å². The topological polar surface area (TPSA) is 52.6 Å². The molecule has 1 N–H and O–H groups in total. The molecule has 4 aliphatic rings. The van der Waals surface area contributed by atoms with E-state index in [0.717, 1.165) is 36.5 Å². The van der Waals surface area contributed by atoms with E-state index in [1.54, 1.807) is 0 Å². The highest BCUT2D eigenvalue weighted by atomic mass is 32.1. The summed E-state index contributed by atoms with van der Waals surface area (Å²) in [6, 6.07) is 2.52. The molecule has 0 unspecified atom stereocenters. The Kier molecular flexibility index (Phi) is 3.56. The van der Waals surface area contributed by atoms with E-state index in [4.69, 9.17) is 17.4 Å². The summed E-state index contributed by atoms with van der Waals surface area (Å²) in [6.45, 7) is 0.975. The fourth-order valence-electron chi connectivity index (χ4n) is 5.88. The number of aliphatic hydroxyl groups excluding tert-OH is 1. The van der Waals surface area contributed by atoms with Crippen LogP contribution < -0.4 is 4.74 Å². The van der Waals surface area contributed by atoms with E-state index in [-0.39, 0.29) is 18.1 Å². The van der Waals surface area contributed by atoms with Crippen LogP contribution in [0.25, 0.3) is 0 Å². The summed E-state index contributed by atoms with van der Waals surface area (Å²) in [5.74, 6) is 1.25. The molecular weight excluding hydrogens is 334 g/mol. The van der Waals surface area contributed by atoms with Crippen LogP contribution in [0, 0.1) is 5.92 Å². The number of likely N-dealkylation sites (N-methyl/N-ethyl adjacent to an activating group) is 1. The highest BCUT2D eigenvalue weighted by Gasteiger charge is 2.64. The van der Waals surface area contributed by atoms with Gasteiger partial charge in [0.25, 0.3) is 0 Å². The Morgan fingerprint density at radius 1 is 1.44 bits per heavy atom. The van der Waals surface area contributed by atoms with Gasteiger partial charge in [-0.3, -0.25) is 0 Å². The number of thiol groups is 1. The molecule has 1 aromatic carbocycles. The Morgan fingerprint density at radius 3 is 3.08 bits per heavy atom. The predicted molar refractivity (Wildman–Crippen MR) is 97.0 cm³/mol. The summed E-state index contributed by atoms with van der Waals surface area (Å²) in [7, 11) is 2.21. The van der Waals surface area contributed by atoms with Gasteiger partial charge >= 0.3 is 0 Å². The maximum Gasteiger partial charge on any atom is 0.139 e. The SMILES string of the molecule is CN1CC[C@]23c4c5c(CCC[O])cc(S)c4O[C@H]2[C@@H](O)C=C[C@H]3[C@H]1C5. The Balaban J connectivity index is 1.77. The summed E-state index contributed by atoms with van der Waals surface area (Å²) in [6.07, 6.45) is 6.81. The van der Waals surface area contributed by atoms with Gasteiger partial charge in [-0.15, -0.1) is 12.6 Å². The molecule has 1 saturated heterocycles. The molecule has 5 atom stereocenters. The molecule has 25 heavy (non-hydrogen) atoms. The van der Waals surface area contributed by atoms with Crippen molar-refractivity contribution in [1.82, 2.24) is 4.90 Å². The average Bonchev–Trinajstić information content (AvgIpc) is 2.95. The van der Waals surface area contributed by atoms with E-state index in [1.165, 1.54) is 16.7 Å².